The fraction of sp³-hybridized carbons (Fsp3) is 0.900. The fourth-order valence-electron chi connectivity index (χ4n) is 0.874. The van der Waals surface area contributed by atoms with E-state index in [-0.39, 0.29) is 10.7 Å². The Morgan fingerprint density at radius 2 is 1.77 bits per heavy atom. The highest BCUT2D eigenvalue weighted by Gasteiger charge is 2.43. The van der Waals surface area contributed by atoms with Crippen LogP contribution in [0, 0.1) is 10.8 Å². The fourth-order valence-corrected chi connectivity index (χ4v) is 1.21. The number of hydrogen-bond acceptors (Lipinski definition) is 2. The van der Waals surface area contributed by atoms with Crippen LogP contribution in [0.4, 0.5) is 0 Å². The van der Waals surface area contributed by atoms with Gasteiger partial charge in [-0.2, -0.15) is 0 Å². The van der Waals surface area contributed by atoms with Crippen molar-refractivity contribution in [3.05, 3.63) is 0 Å². The Hall–Kier alpha value is -0.0800. The second kappa shape index (κ2) is 4.43. The van der Waals surface area contributed by atoms with E-state index in [1.165, 1.54) is 0 Å². The van der Waals surface area contributed by atoms with Gasteiger partial charge in [0.25, 0.3) is 0 Å². The highest BCUT2D eigenvalue weighted by molar-refractivity contribution is 6.64. The second-order valence-corrected chi connectivity index (χ2v) is 4.84. The molecule has 0 fully saturated rings. The van der Waals surface area contributed by atoms with Gasteiger partial charge in [-0.15, -0.1) is 0 Å². The van der Waals surface area contributed by atoms with Gasteiger partial charge in [0.15, 0.2) is 0 Å². The predicted molar refractivity (Wildman–Crippen MR) is 54.9 cm³/mol. The monoisotopic (exact) mass is 206 g/mol. The molecule has 0 radical (unpaired) electrons. The number of ether oxygens (including phenoxy) is 1. The normalized spacial score (nSPS) is 16.8. The molecule has 0 aliphatic carbocycles. The molecular formula is C10H19ClO2. The van der Waals surface area contributed by atoms with Gasteiger partial charge in [0.2, 0.25) is 5.24 Å². The number of carbonyl (C=O) groups excluding carboxylic acids is 1. The zero-order valence-corrected chi connectivity index (χ0v) is 9.86. The average molecular weight is 207 g/mol. The SMILES string of the molecule is CCOCC(C)(C(=O)Cl)C(C)(C)C. The van der Waals surface area contributed by atoms with Gasteiger partial charge < -0.3 is 4.74 Å². The van der Waals surface area contributed by atoms with Gasteiger partial charge in [-0.05, 0) is 30.9 Å². The molecular weight excluding hydrogens is 188 g/mol. The van der Waals surface area contributed by atoms with Crippen LogP contribution in [0.15, 0.2) is 0 Å². The molecule has 1 unspecified atom stereocenters. The van der Waals surface area contributed by atoms with Crippen LogP contribution in [0.3, 0.4) is 0 Å². The van der Waals surface area contributed by atoms with Gasteiger partial charge in [-0.25, -0.2) is 0 Å². The van der Waals surface area contributed by atoms with E-state index >= 15 is 0 Å². The van der Waals surface area contributed by atoms with Crippen molar-refractivity contribution in [3.63, 3.8) is 0 Å². The van der Waals surface area contributed by atoms with Crippen molar-refractivity contribution >= 4 is 16.8 Å². The summed E-state index contributed by atoms with van der Waals surface area (Å²) in [5.74, 6) is 0. The van der Waals surface area contributed by atoms with Crippen LogP contribution >= 0.6 is 11.6 Å². The third-order valence-electron chi connectivity index (χ3n) is 2.68. The van der Waals surface area contributed by atoms with Gasteiger partial charge in [0, 0.05) is 6.61 Å². The van der Waals surface area contributed by atoms with Gasteiger partial charge in [0.05, 0.1) is 12.0 Å². The van der Waals surface area contributed by atoms with Crippen molar-refractivity contribution in [3.8, 4) is 0 Å². The Bertz CT molecular complexity index is 184. The molecule has 78 valence electrons. The summed E-state index contributed by atoms with van der Waals surface area (Å²) in [6.45, 7) is 10.7. The van der Waals surface area contributed by atoms with E-state index in [1.807, 2.05) is 34.6 Å². The van der Waals surface area contributed by atoms with Crippen LogP contribution in [0.2, 0.25) is 0 Å². The van der Waals surface area contributed by atoms with Crippen molar-refractivity contribution in [2.24, 2.45) is 10.8 Å². The number of rotatable bonds is 4. The summed E-state index contributed by atoms with van der Waals surface area (Å²) in [4.78, 5) is 11.3. The van der Waals surface area contributed by atoms with E-state index in [2.05, 4.69) is 0 Å². The minimum atomic E-state index is -0.607. The highest BCUT2D eigenvalue weighted by Crippen LogP contribution is 2.40. The molecule has 0 N–H and O–H groups in total. The standard InChI is InChI=1S/C10H19ClO2/c1-6-13-7-10(5,8(11)12)9(2,3)4/h6-7H2,1-5H3. The third kappa shape index (κ3) is 2.96. The summed E-state index contributed by atoms with van der Waals surface area (Å²) >= 11 is 5.59. The van der Waals surface area contributed by atoms with Crippen molar-refractivity contribution in [2.75, 3.05) is 13.2 Å². The van der Waals surface area contributed by atoms with E-state index in [0.717, 1.165) is 0 Å². The summed E-state index contributed by atoms with van der Waals surface area (Å²) in [6, 6.07) is 0. The maximum absolute atomic E-state index is 11.3. The first-order valence-corrected chi connectivity index (χ1v) is 4.91. The molecule has 0 aliphatic rings. The second-order valence-electron chi connectivity index (χ2n) is 4.49. The molecule has 0 saturated carbocycles. The number of carbonyl (C=O) groups is 1. The maximum atomic E-state index is 11.3. The van der Waals surface area contributed by atoms with Crippen LogP contribution in [0.1, 0.15) is 34.6 Å². The van der Waals surface area contributed by atoms with Gasteiger partial charge in [-0.1, -0.05) is 20.8 Å². The van der Waals surface area contributed by atoms with Gasteiger partial charge >= 0.3 is 0 Å². The smallest absolute Gasteiger partial charge is 0.230 e. The van der Waals surface area contributed by atoms with E-state index in [4.69, 9.17) is 16.3 Å². The molecule has 2 nitrogen and oxygen atoms in total. The summed E-state index contributed by atoms with van der Waals surface area (Å²) < 4.78 is 5.28. The lowest BCUT2D eigenvalue weighted by Crippen LogP contribution is -2.42. The first kappa shape index (κ1) is 12.9. The summed E-state index contributed by atoms with van der Waals surface area (Å²) in [7, 11) is 0. The molecule has 0 heterocycles. The topological polar surface area (TPSA) is 26.3 Å². The number of halogens is 1. The first-order valence-electron chi connectivity index (χ1n) is 4.53. The van der Waals surface area contributed by atoms with Crippen LogP contribution in [0.25, 0.3) is 0 Å². The lowest BCUT2D eigenvalue weighted by Gasteiger charge is -2.38. The quantitative estimate of drug-likeness (QED) is 0.662. The Balaban J connectivity index is 4.64. The molecule has 0 spiro atoms. The molecule has 0 aromatic rings. The minimum absolute atomic E-state index is 0.180. The molecule has 0 rings (SSSR count). The van der Waals surface area contributed by atoms with Gasteiger partial charge in [-0.3, -0.25) is 4.79 Å². The molecule has 0 aromatic heterocycles. The zero-order valence-electron chi connectivity index (χ0n) is 9.11. The van der Waals surface area contributed by atoms with Crippen molar-refractivity contribution in [1.82, 2.24) is 0 Å². The minimum Gasteiger partial charge on any atom is -0.381 e. The first-order chi connectivity index (χ1) is 5.75. The largest absolute Gasteiger partial charge is 0.381 e. The molecule has 0 amide bonds. The Kier molecular flexibility index (Phi) is 4.40. The summed E-state index contributed by atoms with van der Waals surface area (Å²) in [5.41, 5.74) is -0.786. The van der Waals surface area contributed by atoms with Crippen LogP contribution in [-0.2, 0) is 9.53 Å². The van der Waals surface area contributed by atoms with E-state index < -0.39 is 5.41 Å². The molecule has 0 aromatic carbocycles. The van der Waals surface area contributed by atoms with Crippen LogP contribution < -0.4 is 0 Å². The number of hydrogen-bond donors (Lipinski definition) is 0. The predicted octanol–water partition coefficient (Wildman–Crippen LogP) is 2.84. The van der Waals surface area contributed by atoms with Crippen LogP contribution in [-0.4, -0.2) is 18.5 Å². The molecule has 1 atom stereocenters. The van der Waals surface area contributed by atoms with E-state index in [9.17, 15) is 4.79 Å². The van der Waals surface area contributed by atoms with Crippen molar-refractivity contribution in [2.45, 2.75) is 34.6 Å². The van der Waals surface area contributed by atoms with Crippen molar-refractivity contribution < 1.29 is 9.53 Å². The molecule has 3 heteroatoms. The molecule has 0 bridgehead atoms. The zero-order chi connectivity index (χ0) is 10.7. The van der Waals surface area contributed by atoms with Crippen LogP contribution in [0.5, 0.6) is 0 Å². The van der Waals surface area contributed by atoms with Crippen molar-refractivity contribution in [1.29, 1.82) is 0 Å². The third-order valence-corrected chi connectivity index (χ3v) is 3.10. The molecule has 0 aliphatic heterocycles. The van der Waals surface area contributed by atoms with E-state index in [0.29, 0.717) is 13.2 Å². The summed E-state index contributed by atoms with van der Waals surface area (Å²) in [6.07, 6.45) is 0. The highest BCUT2D eigenvalue weighted by atomic mass is 35.5. The molecule has 0 saturated heterocycles. The summed E-state index contributed by atoms with van der Waals surface area (Å²) in [5, 5.41) is -0.326. The van der Waals surface area contributed by atoms with Gasteiger partial charge in [0.1, 0.15) is 0 Å². The Morgan fingerprint density at radius 1 is 1.31 bits per heavy atom. The van der Waals surface area contributed by atoms with E-state index in [1.54, 1.807) is 0 Å². The Labute approximate surface area is 85.6 Å². The lowest BCUT2D eigenvalue weighted by atomic mass is 9.69. The lowest BCUT2D eigenvalue weighted by molar-refractivity contribution is -0.130. The molecule has 13 heavy (non-hydrogen) atoms. The average Bonchev–Trinajstić information content (AvgIpc) is 1.97. The maximum Gasteiger partial charge on any atom is 0.230 e. The Morgan fingerprint density at radius 3 is 2.00 bits per heavy atom.